The van der Waals surface area contributed by atoms with Gasteiger partial charge in [0.05, 0.1) is 25.4 Å². The van der Waals surface area contributed by atoms with E-state index in [1.165, 1.54) is 308 Å². The lowest BCUT2D eigenvalue weighted by atomic mass is 10.0. The van der Waals surface area contributed by atoms with Gasteiger partial charge in [0.25, 0.3) is 0 Å². The average Bonchev–Trinajstić information content (AvgIpc) is 3.43. The van der Waals surface area contributed by atoms with Gasteiger partial charge in [0.1, 0.15) is 0 Å². The predicted octanol–water partition coefficient (Wildman–Crippen LogP) is 22.5. The van der Waals surface area contributed by atoms with Crippen LogP contribution in [0.1, 0.15) is 393 Å². The van der Waals surface area contributed by atoms with E-state index in [1.807, 2.05) is 0 Å². The molecule has 0 rings (SSSR count). The van der Waals surface area contributed by atoms with Gasteiger partial charge >= 0.3 is 5.97 Å². The number of ether oxygens (including phenoxy) is 1. The van der Waals surface area contributed by atoms with E-state index in [-0.39, 0.29) is 18.5 Å². The molecule has 0 heterocycles. The van der Waals surface area contributed by atoms with E-state index in [1.54, 1.807) is 0 Å². The topological polar surface area (TPSA) is 95.9 Å². The number of carbonyl (C=O) groups is 2. The van der Waals surface area contributed by atoms with Crippen molar-refractivity contribution in [2.75, 3.05) is 13.2 Å². The minimum absolute atomic E-state index is 0.00404. The maximum atomic E-state index is 12.5. The Kier molecular flexibility index (Phi) is 65.4. The van der Waals surface area contributed by atoms with Crippen molar-refractivity contribution in [3.8, 4) is 0 Å². The minimum Gasteiger partial charge on any atom is -0.466 e. The van der Waals surface area contributed by atoms with Crippen molar-refractivity contribution in [3.05, 3.63) is 24.3 Å². The Morgan fingerprint density at radius 3 is 1.04 bits per heavy atom. The Morgan fingerprint density at radius 1 is 0.364 bits per heavy atom. The molecule has 6 heteroatoms. The zero-order chi connectivity index (χ0) is 55.7. The summed E-state index contributed by atoms with van der Waals surface area (Å²) in [5, 5.41) is 23.4. The van der Waals surface area contributed by atoms with E-state index in [4.69, 9.17) is 4.74 Å². The number of allylic oxidation sites excluding steroid dienone is 4. The predicted molar refractivity (Wildman–Crippen MR) is 338 cm³/mol. The van der Waals surface area contributed by atoms with Crippen LogP contribution in [0.25, 0.3) is 0 Å². The van der Waals surface area contributed by atoms with Gasteiger partial charge in [0.15, 0.2) is 0 Å². The molecule has 0 radical (unpaired) electrons. The fourth-order valence-electron chi connectivity index (χ4n) is 11.2. The number of unbranched alkanes of at least 4 members (excludes halogenated alkanes) is 51. The maximum Gasteiger partial charge on any atom is 0.305 e. The number of amides is 1. The van der Waals surface area contributed by atoms with E-state index < -0.39 is 12.1 Å². The van der Waals surface area contributed by atoms with Crippen molar-refractivity contribution in [2.45, 2.75) is 405 Å². The van der Waals surface area contributed by atoms with Crippen LogP contribution in [0.5, 0.6) is 0 Å². The van der Waals surface area contributed by atoms with Crippen LogP contribution in [0, 0.1) is 0 Å². The molecule has 0 bridgehead atoms. The molecule has 3 N–H and O–H groups in total. The van der Waals surface area contributed by atoms with Gasteiger partial charge in [-0.2, -0.15) is 0 Å². The fraction of sp³-hybridized carbons (Fsp3) is 0.915. The summed E-state index contributed by atoms with van der Waals surface area (Å²) in [6, 6.07) is -0.539. The molecule has 0 aromatic heterocycles. The number of esters is 1. The number of hydrogen-bond acceptors (Lipinski definition) is 5. The first kappa shape index (κ1) is 75.3. The van der Waals surface area contributed by atoms with Gasteiger partial charge in [-0.15, -0.1) is 0 Å². The monoisotopic (exact) mass is 1080 g/mol. The van der Waals surface area contributed by atoms with Crippen LogP contribution in [0.2, 0.25) is 0 Å². The van der Waals surface area contributed by atoms with Crippen molar-refractivity contribution in [2.24, 2.45) is 0 Å². The molecular formula is C71H137NO5. The molecule has 0 fully saturated rings. The Hall–Kier alpha value is -1.66. The number of nitrogens with one attached hydrogen (secondary N) is 1. The van der Waals surface area contributed by atoms with E-state index in [2.05, 4.69) is 43.5 Å². The second-order valence-corrected chi connectivity index (χ2v) is 24.2. The molecule has 0 aromatic carbocycles. The molecule has 456 valence electrons. The van der Waals surface area contributed by atoms with Crippen molar-refractivity contribution in [3.63, 3.8) is 0 Å². The second-order valence-electron chi connectivity index (χ2n) is 24.2. The van der Waals surface area contributed by atoms with Crippen LogP contribution in [0.15, 0.2) is 24.3 Å². The standard InChI is InChI=1S/C71H137NO5/c1-3-5-7-9-11-13-15-17-18-19-30-33-36-40-43-47-51-55-59-63-69(74)68(67-73)72-70(75)64-60-56-52-48-44-41-37-34-31-28-26-24-22-20-21-23-25-27-29-32-35-38-42-46-50-54-58-62-66-77-71(76)65-61-57-53-49-45-39-16-14-12-10-8-6-4-2/h8,10,14,16,68-69,73-74H,3-7,9,11-13,15,17-67H2,1-2H3,(H,72,75)/b10-8-,16-14-. The van der Waals surface area contributed by atoms with Crippen molar-refractivity contribution >= 4 is 11.9 Å². The van der Waals surface area contributed by atoms with Crippen molar-refractivity contribution in [1.82, 2.24) is 5.32 Å². The van der Waals surface area contributed by atoms with Crippen LogP contribution in [-0.2, 0) is 14.3 Å². The zero-order valence-electron chi connectivity index (χ0n) is 52.2. The summed E-state index contributed by atoms with van der Waals surface area (Å²) < 4.78 is 5.48. The molecule has 1 amide bonds. The highest BCUT2D eigenvalue weighted by Crippen LogP contribution is 2.19. The number of aliphatic hydroxyl groups excluding tert-OH is 2. The number of carbonyl (C=O) groups excluding carboxylic acids is 2. The molecule has 0 aliphatic heterocycles. The lowest BCUT2D eigenvalue weighted by Gasteiger charge is -2.22. The molecule has 2 unspecified atom stereocenters. The summed E-state index contributed by atoms with van der Waals surface area (Å²) in [5.74, 6) is -0.0238. The van der Waals surface area contributed by atoms with E-state index >= 15 is 0 Å². The van der Waals surface area contributed by atoms with E-state index in [0.717, 1.165) is 51.4 Å². The van der Waals surface area contributed by atoms with Gasteiger partial charge in [-0.25, -0.2) is 0 Å². The molecule has 0 aromatic rings. The molecule has 2 atom stereocenters. The molecule has 77 heavy (non-hydrogen) atoms. The highest BCUT2D eigenvalue weighted by Gasteiger charge is 2.20. The highest BCUT2D eigenvalue weighted by molar-refractivity contribution is 5.76. The van der Waals surface area contributed by atoms with Gasteiger partial charge in [-0.1, -0.05) is 353 Å². The van der Waals surface area contributed by atoms with Gasteiger partial charge in [-0.05, 0) is 51.4 Å². The van der Waals surface area contributed by atoms with Crippen LogP contribution in [0.4, 0.5) is 0 Å². The molecule has 0 spiro atoms. The van der Waals surface area contributed by atoms with Gasteiger partial charge in [0, 0.05) is 12.8 Å². The first-order valence-corrected chi connectivity index (χ1v) is 35.1. The Morgan fingerprint density at radius 2 is 0.675 bits per heavy atom. The number of rotatable bonds is 66. The fourth-order valence-corrected chi connectivity index (χ4v) is 11.2. The van der Waals surface area contributed by atoms with Crippen molar-refractivity contribution < 1.29 is 24.5 Å². The Labute approximate surface area is 481 Å². The van der Waals surface area contributed by atoms with Crippen molar-refractivity contribution in [1.29, 1.82) is 0 Å². The Balaban J connectivity index is 3.35. The lowest BCUT2D eigenvalue weighted by Crippen LogP contribution is -2.45. The molecular weight excluding hydrogens is 947 g/mol. The molecule has 0 aliphatic rings. The smallest absolute Gasteiger partial charge is 0.305 e. The quantitative estimate of drug-likeness (QED) is 0.0320. The third-order valence-corrected chi connectivity index (χ3v) is 16.5. The molecule has 6 nitrogen and oxygen atoms in total. The average molecular weight is 1080 g/mol. The summed E-state index contributed by atoms with van der Waals surface area (Å²) in [4.78, 5) is 24.6. The Bertz CT molecular complexity index is 1200. The number of hydrogen-bond donors (Lipinski definition) is 3. The van der Waals surface area contributed by atoms with Crippen LogP contribution < -0.4 is 5.32 Å². The zero-order valence-corrected chi connectivity index (χ0v) is 52.2. The molecule has 0 saturated heterocycles. The maximum absolute atomic E-state index is 12.5. The third kappa shape index (κ3) is 63.4. The van der Waals surface area contributed by atoms with Gasteiger partial charge < -0.3 is 20.3 Å². The largest absolute Gasteiger partial charge is 0.466 e. The highest BCUT2D eigenvalue weighted by atomic mass is 16.5. The summed E-state index contributed by atoms with van der Waals surface area (Å²) in [6.07, 6.45) is 83.7. The summed E-state index contributed by atoms with van der Waals surface area (Å²) in [6.45, 7) is 4.92. The normalized spacial score (nSPS) is 12.6. The van der Waals surface area contributed by atoms with Crippen LogP contribution >= 0.6 is 0 Å². The van der Waals surface area contributed by atoms with E-state index in [0.29, 0.717) is 25.9 Å². The molecule has 0 saturated carbocycles. The van der Waals surface area contributed by atoms with Crippen LogP contribution in [0.3, 0.4) is 0 Å². The third-order valence-electron chi connectivity index (χ3n) is 16.5. The van der Waals surface area contributed by atoms with Crippen LogP contribution in [-0.4, -0.2) is 47.4 Å². The summed E-state index contributed by atoms with van der Waals surface area (Å²) >= 11 is 0. The first-order valence-electron chi connectivity index (χ1n) is 35.1. The molecule has 0 aliphatic carbocycles. The summed E-state index contributed by atoms with van der Waals surface area (Å²) in [5.41, 5.74) is 0. The number of aliphatic hydroxyl groups is 2. The van der Waals surface area contributed by atoms with Gasteiger partial charge in [-0.3, -0.25) is 9.59 Å². The SMILES string of the molecule is CCC/C=C\C/C=C\CCCCCCCC(=O)OCCCCCCCCCCCCCCCCCCCCCCCCCCCCCCC(=O)NC(CO)C(O)CCCCCCCCCCCCCCCCCCCCC. The van der Waals surface area contributed by atoms with E-state index in [9.17, 15) is 19.8 Å². The lowest BCUT2D eigenvalue weighted by molar-refractivity contribution is -0.143. The summed E-state index contributed by atoms with van der Waals surface area (Å²) in [7, 11) is 0. The minimum atomic E-state index is -0.662. The first-order chi connectivity index (χ1) is 38.0. The van der Waals surface area contributed by atoms with Gasteiger partial charge in [0.2, 0.25) is 5.91 Å². The second kappa shape index (κ2) is 66.8.